The number of carbonyl (C=O) groups excluding carboxylic acids is 1. The molecule has 0 radical (unpaired) electrons. The number of nitrogens with zero attached hydrogens (tertiary/aromatic N) is 3. The van der Waals surface area contributed by atoms with Crippen LogP contribution in [0.1, 0.15) is 34.8 Å². The van der Waals surface area contributed by atoms with Gasteiger partial charge in [0.15, 0.2) is 6.10 Å². The Morgan fingerprint density at radius 2 is 1.97 bits per heavy atom. The molecule has 3 aliphatic heterocycles. The molecule has 0 spiro atoms. The molecule has 3 aliphatic rings. The minimum Gasteiger partial charge on any atom is -0.458 e. The summed E-state index contributed by atoms with van der Waals surface area (Å²) < 4.78 is 35.8. The molecule has 3 N–H and O–H groups in total. The lowest BCUT2D eigenvalue weighted by Gasteiger charge is -2.37. The average molecular weight is 519 g/mol. The van der Waals surface area contributed by atoms with Crippen LogP contribution in [0.4, 0.5) is 8.78 Å². The first-order chi connectivity index (χ1) is 18.2. The number of aliphatic hydroxyl groups is 1. The number of aliphatic hydroxyl groups excluding tert-OH is 1. The average Bonchev–Trinajstić information content (AvgIpc) is 3.27. The van der Waals surface area contributed by atoms with Crippen LogP contribution in [0.15, 0.2) is 47.3 Å². The van der Waals surface area contributed by atoms with E-state index in [2.05, 4.69) is 0 Å². The van der Waals surface area contributed by atoms with Crippen molar-refractivity contribution >= 4 is 27.6 Å². The smallest absolute Gasteiger partial charge is 0.340 e. The maximum Gasteiger partial charge on any atom is 0.340 e. The number of likely N-dealkylation sites (tertiary alicyclic amines) is 1. The summed E-state index contributed by atoms with van der Waals surface area (Å²) in [6, 6.07) is 12.2. The molecule has 1 fully saturated rings. The normalized spacial score (nSPS) is 22.3. The van der Waals surface area contributed by atoms with Gasteiger partial charge in [-0.05, 0) is 34.9 Å². The molecule has 4 aromatic rings. The fraction of sp³-hybridized carbons (Fsp3) is 0.321. The number of ether oxygens (including phenoxy) is 1. The van der Waals surface area contributed by atoms with Crippen LogP contribution in [0, 0.1) is 0 Å². The molecule has 0 amide bonds. The third-order valence-electron chi connectivity index (χ3n) is 8.08. The maximum atomic E-state index is 14.6. The fourth-order valence-electron chi connectivity index (χ4n) is 6.05. The number of hydrogen-bond donors (Lipinski definition) is 2. The zero-order chi connectivity index (χ0) is 26.3. The predicted molar refractivity (Wildman–Crippen MR) is 136 cm³/mol. The summed E-state index contributed by atoms with van der Waals surface area (Å²) in [4.78, 5) is 32.1. The zero-order valence-corrected chi connectivity index (χ0v) is 20.3. The molecule has 38 heavy (non-hydrogen) atoms. The van der Waals surface area contributed by atoms with Crippen LogP contribution in [0.25, 0.3) is 33.1 Å². The largest absolute Gasteiger partial charge is 0.458 e. The summed E-state index contributed by atoms with van der Waals surface area (Å²) in [6.45, 7) is 0.199. The molecule has 194 valence electrons. The Kier molecular flexibility index (Phi) is 5.01. The number of cyclic esters (lactones) is 1. The van der Waals surface area contributed by atoms with Crippen LogP contribution in [0.5, 0.6) is 0 Å². The number of alkyl halides is 2. The van der Waals surface area contributed by atoms with Crippen molar-refractivity contribution in [3.8, 4) is 11.4 Å². The molecule has 1 saturated heterocycles. The molecule has 2 unspecified atom stereocenters. The van der Waals surface area contributed by atoms with Gasteiger partial charge in [0, 0.05) is 29.6 Å². The summed E-state index contributed by atoms with van der Waals surface area (Å²) in [6.07, 6.45) is -1.37. The number of piperidine rings is 1. The number of fused-ring (bicyclic) bond motifs is 7. The Labute approximate surface area is 215 Å². The Bertz CT molecular complexity index is 1730. The van der Waals surface area contributed by atoms with E-state index in [4.69, 9.17) is 15.5 Å². The topological polar surface area (TPSA) is 111 Å². The van der Waals surface area contributed by atoms with Crippen LogP contribution < -0.4 is 11.3 Å². The van der Waals surface area contributed by atoms with Crippen molar-refractivity contribution in [2.75, 3.05) is 13.1 Å². The number of carbonyl (C=O) groups is 1. The number of halogens is 2. The van der Waals surface area contributed by atoms with Gasteiger partial charge in [-0.25, -0.2) is 18.6 Å². The van der Waals surface area contributed by atoms with Crippen molar-refractivity contribution in [2.24, 2.45) is 5.73 Å². The van der Waals surface area contributed by atoms with Crippen LogP contribution in [-0.4, -0.2) is 50.6 Å². The van der Waals surface area contributed by atoms with Gasteiger partial charge < -0.3 is 20.1 Å². The lowest BCUT2D eigenvalue weighted by atomic mass is 9.94. The molecule has 0 bridgehead atoms. The van der Waals surface area contributed by atoms with Gasteiger partial charge in [-0.15, -0.1) is 0 Å². The molecule has 10 heteroatoms. The van der Waals surface area contributed by atoms with Crippen molar-refractivity contribution in [3.63, 3.8) is 0 Å². The number of nitrogens with two attached hydrogens (primary N) is 1. The number of benzene rings is 2. The Morgan fingerprint density at radius 1 is 1.16 bits per heavy atom. The van der Waals surface area contributed by atoms with Crippen molar-refractivity contribution in [1.82, 2.24) is 14.5 Å². The monoisotopic (exact) mass is 518 g/mol. The second-order valence-electron chi connectivity index (χ2n) is 10.3. The highest BCUT2D eigenvalue weighted by Crippen LogP contribution is 2.41. The Hall–Kier alpha value is -3.73. The molecule has 2 aromatic carbocycles. The second-order valence-corrected chi connectivity index (χ2v) is 10.3. The summed E-state index contributed by atoms with van der Waals surface area (Å²) >= 11 is 0. The molecule has 2 atom stereocenters. The van der Waals surface area contributed by atoms with Crippen molar-refractivity contribution < 1.29 is 23.4 Å². The van der Waals surface area contributed by atoms with Gasteiger partial charge in [0.1, 0.15) is 6.61 Å². The highest BCUT2D eigenvalue weighted by molar-refractivity contribution is 6.09. The third kappa shape index (κ3) is 3.34. The number of esters is 1. The van der Waals surface area contributed by atoms with Gasteiger partial charge in [0.2, 0.25) is 0 Å². The molecule has 0 aliphatic carbocycles. The van der Waals surface area contributed by atoms with Crippen LogP contribution >= 0.6 is 0 Å². The summed E-state index contributed by atoms with van der Waals surface area (Å²) in [5, 5.41) is 13.2. The molecule has 2 aromatic heterocycles. The summed E-state index contributed by atoms with van der Waals surface area (Å²) in [5.41, 5.74) is 9.11. The van der Waals surface area contributed by atoms with E-state index < -0.39 is 30.6 Å². The molecule has 5 heterocycles. The summed E-state index contributed by atoms with van der Waals surface area (Å²) in [7, 11) is 0. The third-order valence-corrected chi connectivity index (χ3v) is 8.08. The van der Waals surface area contributed by atoms with Gasteiger partial charge >= 0.3 is 5.97 Å². The first-order valence-electron chi connectivity index (χ1n) is 12.5. The van der Waals surface area contributed by atoms with Crippen LogP contribution in [-0.2, 0) is 29.2 Å². The lowest BCUT2D eigenvalue weighted by Crippen LogP contribution is -2.55. The van der Waals surface area contributed by atoms with E-state index in [0.717, 1.165) is 27.3 Å². The number of aromatic nitrogens is 2. The Balaban J connectivity index is 1.46. The minimum atomic E-state index is -3.01. The van der Waals surface area contributed by atoms with Crippen molar-refractivity contribution in [1.29, 1.82) is 0 Å². The van der Waals surface area contributed by atoms with E-state index in [9.17, 15) is 23.5 Å². The molecule has 8 nitrogen and oxygen atoms in total. The first-order valence-corrected chi connectivity index (χ1v) is 12.5. The van der Waals surface area contributed by atoms with Gasteiger partial charge in [-0.3, -0.25) is 9.69 Å². The maximum absolute atomic E-state index is 14.6. The van der Waals surface area contributed by atoms with E-state index in [1.807, 2.05) is 36.4 Å². The van der Waals surface area contributed by atoms with Crippen LogP contribution in [0.3, 0.4) is 0 Å². The number of hydrogen-bond acceptors (Lipinski definition) is 7. The van der Waals surface area contributed by atoms with Crippen molar-refractivity contribution in [2.45, 2.75) is 44.2 Å². The van der Waals surface area contributed by atoms with E-state index >= 15 is 0 Å². The van der Waals surface area contributed by atoms with E-state index in [-0.39, 0.29) is 42.8 Å². The van der Waals surface area contributed by atoms with Gasteiger partial charge in [-0.1, -0.05) is 30.3 Å². The molecular formula is C28H24F2N4O4. The number of pyridine rings is 2. The standard InChI is InChI=1S/C28H24F2N4O4/c29-28(30)13-33(8-7-22(28)31)10-17-18-11-34-21(9-16-19(26(34)36)12-38-27(37)25(16)35)24(18)32-20-6-5-14-3-1-2-4-15(14)23(17)20/h1-6,9,22,25,35H,7-8,10-13,31H2. The van der Waals surface area contributed by atoms with Gasteiger partial charge in [0.05, 0.1) is 41.6 Å². The first kappa shape index (κ1) is 23.4. The van der Waals surface area contributed by atoms with Gasteiger partial charge in [-0.2, -0.15) is 0 Å². The predicted octanol–water partition coefficient (Wildman–Crippen LogP) is 2.84. The van der Waals surface area contributed by atoms with Crippen molar-refractivity contribution in [3.05, 3.63) is 75.1 Å². The lowest BCUT2D eigenvalue weighted by molar-refractivity contribution is -0.157. The Morgan fingerprint density at radius 3 is 2.79 bits per heavy atom. The quantitative estimate of drug-likeness (QED) is 0.273. The molecular weight excluding hydrogens is 494 g/mol. The minimum absolute atomic E-state index is 0.178. The van der Waals surface area contributed by atoms with Gasteiger partial charge in [0.25, 0.3) is 11.5 Å². The zero-order valence-electron chi connectivity index (χ0n) is 20.3. The van der Waals surface area contributed by atoms with Crippen LogP contribution in [0.2, 0.25) is 0 Å². The number of rotatable bonds is 2. The van der Waals surface area contributed by atoms with E-state index in [1.54, 1.807) is 15.5 Å². The summed E-state index contributed by atoms with van der Waals surface area (Å²) in [5.74, 6) is -3.81. The molecule has 7 rings (SSSR count). The second kappa shape index (κ2) is 8.13. The SMILES string of the molecule is NC1CCN(Cc2c3c(nc4ccc5ccccc5c24)-c2cc4c(c(=O)n2C3)COC(=O)C4O)CC1(F)F. The van der Waals surface area contributed by atoms with E-state index in [1.165, 1.54) is 0 Å². The fourth-order valence-corrected chi connectivity index (χ4v) is 6.05. The highest BCUT2D eigenvalue weighted by atomic mass is 19.3. The highest BCUT2D eigenvalue weighted by Gasteiger charge is 2.43. The molecule has 0 saturated carbocycles. The van der Waals surface area contributed by atoms with E-state index in [0.29, 0.717) is 23.4 Å².